The van der Waals surface area contributed by atoms with Gasteiger partial charge < -0.3 is 9.47 Å². The fourth-order valence-electron chi connectivity index (χ4n) is 4.73. The third kappa shape index (κ3) is 2.63. The summed E-state index contributed by atoms with van der Waals surface area (Å²) < 4.78 is 4.29. The van der Waals surface area contributed by atoms with Crippen LogP contribution in [-0.2, 0) is 0 Å². The molecule has 0 aromatic carbocycles. The summed E-state index contributed by atoms with van der Waals surface area (Å²) in [5.41, 5.74) is 5.54. The van der Waals surface area contributed by atoms with E-state index in [9.17, 15) is 0 Å². The first-order chi connectivity index (χ1) is 14.0. The molecular weight excluding hydrogens is 362 g/mol. The van der Waals surface area contributed by atoms with E-state index in [1.807, 2.05) is 16.9 Å². The zero-order valence-corrected chi connectivity index (χ0v) is 17.1. The van der Waals surface area contributed by atoms with Crippen molar-refractivity contribution in [1.29, 1.82) is 0 Å². The Morgan fingerprint density at radius 3 is 2.79 bits per heavy atom. The second-order valence-electron chi connectivity index (χ2n) is 9.27. The summed E-state index contributed by atoms with van der Waals surface area (Å²) in [6, 6.07) is 4.94. The Balaban J connectivity index is 1.52. The molecule has 6 rings (SSSR count). The SMILES string of the molecule is Cc1nc2ncc(-c3ccn4ncnc(N5CCC(C)(C)C5)c34)cc2n1C1CC1. The molecule has 5 heterocycles. The smallest absolute Gasteiger partial charge is 0.177 e. The fraction of sp³-hybridized carbons (Fsp3) is 0.455. The van der Waals surface area contributed by atoms with Crippen molar-refractivity contribution >= 4 is 22.5 Å². The van der Waals surface area contributed by atoms with Crippen LogP contribution in [-0.4, -0.2) is 42.2 Å². The van der Waals surface area contributed by atoms with Crippen molar-refractivity contribution in [3.63, 3.8) is 0 Å². The molecule has 4 aromatic rings. The van der Waals surface area contributed by atoms with E-state index in [1.165, 1.54) is 19.3 Å². The van der Waals surface area contributed by atoms with Crippen LogP contribution in [0.1, 0.15) is 45.0 Å². The Morgan fingerprint density at radius 1 is 1.17 bits per heavy atom. The standard InChI is InChI=1S/C22H25N7/c1-14-26-20-18(29(14)16-4-5-16)10-15(11-23-20)17-6-8-28-19(17)21(24-13-25-28)27-9-7-22(2,3)12-27/h6,8,10-11,13,16H,4-5,7,9,12H2,1-3H3. The van der Waals surface area contributed by atoms with E-state index in [2.05, 4.69) is 52.5 Å². The molecule has 7 nitrogen and oxygen atoms in total. The van der Waals surface area contributed by atoms with E-state index in [1.54, 1.807) is 6.33 Å². The number of fused-ring (bicyclic) bond motifs is 2. The summed E-state index contributed by atoms with van der Waals surface area (Å²) in [6.45, 7) is 8.76. The lowest BCUT2D eigenvalue weighted by atomic mass is 9.93. The molecule has 1 saturated heterocycles. The van der Waals surface area contributed by atoms with E-state index >= 15 is 0 Å². The van der Waals surface area contributed by atoms with Crippen LogP contribution in [0.15, 0.2) is 30.9 Å². The number of nitrogens with zero attached hydrogens (tertiary/aromatic N) is 7. The zero-order chi connectivity index (χ0) is 19.8. The van der Waals surface area contributed by atoms with Gasteiger partial charge in [-0.05, 0) is 43.7 Å². The van der Waals surface area contributed by atoms with Crippen molar-refractivity contribution in [2.75, 3.05) is 18.0 Å². The predicted molar refractivity (Wildman–Crippen MR) is 113 cm³/mol. The van der Waals surface area contributed by atoms with Crippen LogP contribution < -0.4 is 4.90 Å². The van der Waals surface area contributed by atoms with Crippen LogP contribution >= 0.6 is 0 Å². The number of rotatable bonds is 3. The average molecular weight is 387 g/mol. The first kappa shape index (κ1) is 16.9. The van der Waals surface area contributed by atoms with Gasteiger partial charge in [0.2, 0.25) is 0 Å². The number of aromatic nitrogens is 6. The number of anilines is 1. The van der Waals surface area contributed by atoms with Gasteiger partial charge in [-0.3, -0.25) is 0 Å². The van der Waals surface area contributed by atoms with E-state index in [0.29, 0.717) is 11.5 Å². The van der Waals surface area contributed by atoms with E-state index in [0.717, 1.165) is 52.5 Å². The lowest BCUT2D eigenvalue weighted by molar-refractivity contribution is 0.418. The van der Waals surface area contributed by atoms with Crippen LogP contribution in [0, 0.1) is 12.3 Å². The molecule has 0 unspecified atom stereocenters. The van der Waals surface area contributed by atoms with Gasteiger partial charge in [-0.15, -0.1) is 0 Å². The molecular formula is C22H25N7. The highest BCUT2D eigenvalue weighted by Crippen LogP contribution is 2.40. The Bertz CT molecular complexity index is 1250. The Labute approximate surface area is 169 Å². The summed E-state index contributed by atoms with van der Waals surface area (Å²) in [5.74, 6) is 2.06. The molecule has 1 aliphatic heterocycles. The molecule has 0 N–H and O–H groups in total. The van der Waals surface area contributed by atoms with Gasteiger partial charge in [-0.1, -0.05) is 13.8 Å². The van der Waals surface area contributed by atoms with Crippen molar-refractivity contribution in [2.45, 2.75) is 46.1 Å². The summed E-state index contributed by atoms with van der Waals surface area (Å²) >= 11 is 0. The number of pyridine rings is 1. The maximum atomic E-state index is 4.69. The minimum Gasteiger partial charge on any atom is -0.354 e. The minimum atomic E-state index is 0.309. The topological polar surface area (TPSA) is 64.1 Å². The Hall–Kier alpha value is -2.96. The molecule has 0 radical (unpaired) electrons. The van der Waals surface area contributed by atoms with Gasteiger partial charge in [0.25, 0.3) is 0 Å². The van der Waals surface area contributed by atoms with Crippen LogP contribution in [0.3, 0.4) is 0 Å². The normalized spacial score (nSPS) is 18.9. The lowest BCUT2D eigenvalue weighted by Crippen LogP contribution is -2.24. The Kier molecular flexibility index (Phi) is 3.38. The molecule has 1 aliphatic carbocycles. The van der Waals surface area contributed by atoms with Gasteiger partial charge in [-0.25, -0.2) is 19.5 Å². The summed E-state index contributed by atoms with van der Waals surface area (Å²) in [7, 11) is 0. The molecule has 0 atom stereocenters. The summed E-state index contributed by atoms with van der Waals surface area (Å²) in [5, 5.41) is 4.46. The zero-order valence-electron chi connectivity index (χ0n) is 17.1. The molecule has 29 heavy (non-hydrogen) atoms. The van der Waals surface area contributed by atoms with Crippen molar-refractivity contribution in [1.82, 2.24) is 29.1 Å². The first-order valence-electron chi connectivity index (χ1n) is 10.4. The predicted octanol–water partition coefficient (Wildman–Crippen LogP) is 4.02. The molecule has 0 amide bonds. The van der Waals surface area contributed by atoms with Crippen molar-refractivity contribution < 1.29 is 0 Å². The van der Waals surface area contributed by atoms with Gasteiger partial charge in [0.1, 0.15) is 17.7 Å². The van der Waals surface area contributed by atoms with Crippen molar-refractivity contribution in [3.05, 3.63) is 36.7 Å². The summed E-state index contributed by atoms with van der Waals surface area (Å²) in [6.07, 6.45) is 9.25. The molecule has 2 fully saturated rings. The van der Waals surface area contributed by atoms with E-state index < -0.39 is 0 Å². The van der Waals surface area contributed by atoms with Gasteiger partial charge >= 0.3 is 0 Å². The van der Waals surface area contributed by atoms with Gasteiger partial charge in [0, 0.05) is 42.7 Å². The molecule has 7 heteroatoms. The quantitative estimate of drug-likeness (QED) is 0.531. The third-order valence-electron chi connectivity index (χ3n) is 6.36. The molecule has 148 valence electrons. The number of hydrogen-bond donors (Lipinski definition) is 0. The maximum Gasteiger partial charge on any atom is 0.177 e. The second kappa shape index (κ2) is 5.78. The van der Waals surface area contributed by atoms with Gasteiger partial charge in [0.05, 0.1) is 5.52 Å². The minimum absolute atomic E-state index is 0.309. The highest BCUT2D eigenvalue weighted by Gasteiger charge is 2.32. The van der Waals surface area contributed by atoms with Crippen molar-refractivity contribution in [3.8, 4) is 11.1 Å². The van der Waals surface area contributed by atoms with Crippen molar-refractivity contribution in [2.24, 2.45) is 5.41 Å². The largest absolute Gasteiger partial charge is 0.354 e. The average Bonchev–Trinajstić information content (AvgIpc) is 3.18. The van der Waals surface area contributed by atoms with Crippen LogP contribution in [0.2, 0.25) is 0 Å². The third-order valence-corrected chi connectivity index (χ3v) is 6.36. The lowest BCUT2D eigenvalue weighted by Gasteiger charge is -2.21. The molecule has 1 saturated carbocycles. The van der Waals surface area contributed by atoms with Gasteiger partial charge in [-0.2, -0.15) is 5.10 Å². The number of aryl methyl sites for hydroxylation is 1. The fourth-order valence-corrected chi connectivity index (χ4v) is 4.73. The Morgan fingerprint density at radius 2 is 2.03 bits per heavy atom. The monoisotopic (exact) mass is 387 g/mol. The maximum absolute atomic E-state index is 4.69. The molecule has 2 aliphatic rings. The highest BCUT2D eigenvalue weighted by atomic mass is 15.3. The van der Waals surface area contributed by atoms with E-state index in [-0.39, 0.29) is 0 Å². The number of imidazole rings is 1. The highest BCUT2D eigenvalue weighted by molar-refractivity contribution is 5.91. The number of hydrogen-bond acceptors (Lipinski definition) is 5. The van der Waals surface area contributed by atoms with Crippen LogP contribution in [0.25, 0.3) is 27.8 Å². The van der Waals surface area contributed by atoms with Crippen LogP contribution in [0.5, 0.6) is 0 Å². The van der Waals surface area contributed by atoms with Crippen LogP contribution in [0.4, 0.5) is 5.82 Å². The second-order valence-corrected chi connectivity index (χ2v) is 9.27. The summed E-state index contributed by atoms with van der Waals surface area (Å²) in [4.78, 5) is 16.4. The molecule has 0 bridgehead atoms. The molecule has 0 spiro atoms. The molecule has 4 aromatic heterocycles. The first-order valence-corrected chi connectivity index (χ1v) is 10.4. The van der Waals surface area contributed by atoms with Gasteiger partial charge in [0.15, 0.2) is 11.5 Å². The van der Waals surface area contributed by atoms with E-state index in [4.69, 9.17) is 9.97 Å².